The highest BCUT2D eigenvalue weighted by atomic mass is 16.2. The minimum Gasteiger partial charge on any atom is -0.325 e. The van der Waals surface area contributed by atoms with Crippen LogP contribution < -0.4 is 10.6 Å². The number of imide groups is 1. The Hall–Kier alpha value is -2.74. The molecule has 2 aliphatic heterocycles. The molecule has 1 aromatic rings. The van der Waals surface area contributed by atoms with Crippen molar-refractivity contribution >= 4 is 29.3 Å². The van der Waals surface area contributed by atoms with Gasteiger partial charge in [-0.05, 0) is 32.1 Å². The Labute approximate surface area is 151 Å². The summed E-state index contributed by atoms with van der Waals surface area (Å²) in [5.41, 5.74) is 1.77. The summed E-state index contributed by atoms with van der Waals surface area (Å²) in [7, 11) is 1.85. The van der Waals surface area contributed by atoms with Crippen molar-refractivity contribution in [3.8, 4) is 0 Å². The number of likely N-dealkylation sites (N-methyl/N-ethyl adjacent to an activating group) is 1. The van der Waals surface area contributed by atoms with Crippen LogP contribution >= 0.6 is 0 Å². The van der Waals surface area contributed by atoms with Crippen LogP contribution in [0, 0.1) is 0 Å². The molecule has 1 fully saturated rings. The molecule has 0 spiro atoms. The first-order chi connectivity index (χ1) is 12.4. The topological polar surface area (TPSA) is 98.8 Å². The zero-order valence-electron chi connectivity index (χ0n) is 14.9. The lowest BCUT2D eigenvalue weighted by molar-refractivity contribution is -0.137. The van der Waals surface area contributed by atoms with Gasteiger partial charge in [-0.2, -0.15) is 0 Å². The molecule has 1 unspecified atom stereocenters. The summed E-state index contributed by atoms with van der Waals surface area (Å²) in [5.74, 6) is -1.17. The van der Waals surface area contributed by atoms with Gasteiger partial charge >= 0.3 is 0 Å². The van der Waals surface area contributed by atoms with E-state index in [0.717, 1.165) is 6.54 Å². The van der Waals surface area contributed by atoms with Crippen LogP contribution in [0.2, 0.25) is 0 Å². The Balaban J connectivity index is 1.78. The summed E-state index contributed by atoms with van der Waals surface area (Å²) in [6.07, 6.45) is 0.525. The molecule has 8 heteroatoms. The van der Waals surface area contributed by atoms with Crippen molar-refractivity contribution in [2.24, 2.45) is 0 Å². The minimum absolute atomic E-state index is 0.158. The molecule has 4 amide bonds. The van der Waals surface area contributed by atoms with E-state index in [1.54, 1.807) is 18.2 Å². The lowest BCUT2D eigenvalue weighted by atomic mass is 10.0. The molecule has 3 rings (SSSR count). The quantitative estimate of drug-likeness (QED) is 0.740. The largest absolute Gasteiger partial charge is 0.325 e. The molecule has 0 radical (unpaired) electrons. The van der Waals surface area contributed by atoms with Gasteiger partial charge in [0.15, 0.2) is 0 Å². The summed E-state index contributed by atoms with van der Waals surface area (Å²) in [4.78, 5) is 51.7. The van der Waals surface area contributed by atoms with Crippen molar-refractivity contribution in [1.82, 2.24) is 15.1 Å². The van der Waals surface area contributed by atoms with E-state index < -0.39 is 11.9 Å². The number of amides is 4. The number of piperidine rings is 1. The second-order valence-corrected chi connectivity index (χ2v) is 6.61. The maximum absolute atomic E-state index is 12.7. The number of hydrogen-bond donors (Lipinski definition) is 2. The monoisotopic (exact) mass is 358 g/mol. The molecule has 26 heavy (non-hydrogen) atoms. The molecule has 1 aromatic carbocycles. The third-order valence-electron chi connectivity index (χ3n) is 4.81. The highest BCUT2D eigenvalue weighted by Gasteiger charge is 2.39. The third kappa shape index (κ3) is 3.45. The number of nitrogens with one attached hydrogen (secondary N) is 2. The molecule has 2 N–H and O–H groups in total. The Morgan fingerprint density at radius 1 is 1.35 bits per heavy atom. The molecule has 2 aliphatic rings. The van der Waals surface area contributed by atoms with Gasteiger partial charge in [0.1, 0.15) is 6.04 Å². The van der Waals surface area contributed by atoms with Crippen molar-refractivity contribution < 1.29 is 19.2 Å². The molecule has 0 bridgehead atoms. The Morgan fingerprint density at radius 2 is 2.12 bits per heavy atom. The first-order valence-corrected chi connectivity index (χ1v) is 8.65. The van der Waals surface area contributed by atoms with E-state index in [0.29, 0.717) is 23.2 Å². The smallest absolute Gasteiger partial charge is 0.255 e. The van der Waals surface area contributed by atoms with E-state index in [4.69, 9.17) is 0 Å². The fraction of sp³-hybridized carbons (Fsp3) is 0.444. The molecule has 138 valence electrons. The predicted molar refractivity (Wildman–Crippen MR) is 94.3 cm³/mol. The molecule has 1 saturated heterocycles. The molecule has 0 aromatic heterocycles. The lowest BCUT2D eigenvalue weighted by Crippen LogP contribution is -2.52. The van der Waals surface area contributed by atoms with E-state index >= 15 is 0 Å². The summed E-state index contributed by atoms with van der Waals surface area (Å²) in [6.45, 7) is 3.21. The highest BCUT2D eigenvalue weighted by Crippen LogP contribution is 2.32. The number of rotatable bonds is 5. The van der Waals surface area contributed by atoms with Gasteiger partial charge in [0, 0.05) is 29.8 Å². The van der Waals surface area contributed by atoms with Crippen LogP contribution in [-0.4, -0.2) is 59.6 Å². The first kappa shape index (κ1) is 18.1. The van der Waals surface area contributed by atoms with Crippen LogP contribution in [0.5, 0.6) is 0 Å². The number of fused-ring (bicyclic) bond motifs is 1. The van der Waals surface area contributed by atoms with Crippen molar-refractivity contribution in [3.05, 3.63) is 29.3 Å². The molecular weight excluding hydrogens is 336 g/mol. The molecule has 2 heterocycles. The molecule has 1 atom stereocenters. The van der Waals surface area contributed by atoms with Gasteiger partial charge < -0.3 is 10.2 Å². The van der Waals surface area contributed by atoms with Crippen LogP contribution in [0.4, 0.5) is 5.69 Å². The van der Waals surface area contributed by atoms with E-state index in [-0.39, 0.29) is 37.2 Å². The van der Waals surface area contributed by atoms with E-state index in [2.05, 4.69) is 10.6 Å². The SMILES string of the molecule is CCN(C)CC(=O)Nc1cccc2c1CN(C1CCC(=O)NC1=O)C2=O. The van der Waals surface area contributed by atoms with Gasteiger partial charge in [0.25, 0.3) is 5.91 Å². The van der Waals surface area contributed by atoms with Gasteiger partial charge in [-0.3, -0.25) is 29.4 Å². The van der Waals surface area contributed by atoms with Gasteiger partial charge in [-0.25, -0.2) is 0 Å². The molecular formula is C18H22N4O4. The molecule has 8 nitrogen and oxygen atoms in total. The average Bonchev–Trinajstić information content (AvgIpc) is 2.93. The number of carbonyl (C=O) groups excluding carboxylic acids is 4. The second-order valence-electron chi connectivity index (χ2n) is 6.61. The fourth-order valence-electron chi connectivity index (χ4n) is 3.25. The van der Waals surface area contributed by atoms with E-state index in [1.165, 1.54) is 4.90 Å². The fourth-order valence-corrected chi connectivity index (χ4v) is 3.25. The van der Waals surface area contributed by atoms with E-state index in [1.807, 2.05) is 18.9 Å². The standard InChI is InChI=1S/C18H22N4O4/c1-3-21(2)10-16(24)19-13-6-4-5-11-12(13)9-22(18(11)26)14-7-8-15(23)20-17(14)25/h4-6,14H,3,7-10H2,1-2H3,(H,19,24)(H,20,23,25). The van der Waals surface area contributed by atoms with Gasteiger partial charge in [-0.1, -0.05) is 13.0 Å². The van der Waals surface area contributed by atoms with Crippen LogP contribution in [0.1, 0.15) is 35.7 Å². The van der Waals surface area contributed by atoms with Crippen molar-refractivity contribution in [2.45, 2.75) is 32.4 Å². The number of nitrogens with zero attached hydrogens (tertiary/aromatic N) is 2. The summed E-state index contributed by atoms with van der Waals surface area (Å²) < 4.78 is 0. The summed E-state index contributed by atoms with van der Waals surface area (Å²) in [5, 5.41) is 5.14. The number of anilines is 1. The zero-order valence-corrected chi connectivity index (χ0v) is 14.9. The third-order valence-corrected chi connectivity index (χ3v) is 4.81. The van der Waals surface area contributed by atoms with Crippen molar-refractivity contribution in [1.29, 1.82) is 0 Å². The normalized spacial score (nSPS) is 19.6. The Bertz CT molecular complexity index is 776. The molecule has 0 aliphatic carbocycles. The maximum Gasteiger partial charge on any atom is 0.255 e. The summed E-state index contributed by atoms with van der Waals surface area (Å²) >= 11 is 0. The van der Waals surface area contributed by atoms with Gasteiger partial charge in [-0.15, -0.1) is 0 Å². The van der Waals surface area contributed by atoms with Crippen LogP contribution in [0.15, 0.2) is 18.2 Å². The predicted octanol–water partition coefficient (Wildman–Crippen LogP) is 0.338. The van der Waals surface area contributed by atoms with Gasteiger partial charge in [0.2, 0.25) is 17.7 Å². The van der Waals surface area contributed by atoms with Gasteiger partial charge in [0.05, 0.1) is 6.54 Å². The molecule has 0 saturated carbocycles. The van der Waals surface area contributed by atoms with Crippen molar-refractivity contribution in [3.63, 3.8) is 0 Å². The van der Waals surface area contributed by atoms with Crippen LogP contribution in [0.3, 0.4) is 0 Å². The minimum atomic E-state index is -0.664. The zero-order chi connectivity index (χ0) is 18.8. The number of hydrogen-bond acceptors (Lipinski definition) is 5. The van der Waals surface area contributed by atoms with Crippen molar-refractivity contribution in [2.75, 3.05) is 25.5 Å². The summed E-state index contributed by atoms with van der Waals surface area (Å²) in [6, 6.07) is 4.49. The first-order valence-electron chi connectivity index (χ1n) is 8.65. The lowest BCUT2D eigenvalue weighted by Gasteiger charge is -2.29. The maximum atomic E-state index is 12.7. The Morgan fingerprint density at radius 3 is 2.81 bits per heavy atom. The average molecular weight is 358 g/mol. The van der Waals surface area contributed by atoms with Crippen LogP contribution in [-0.2, 0) is 20.9 Å². The Kier molecular flexibility index (Phi) is 5.03. The van der Waals surface area contributed by atoms with Crippen LogP contribution in [0.25, 0.3) is 0 Å². The highest BCUT2D eigenvalue weighted by molar-refractivity contribution is 6.06. The van der Waals surface area contributed by atoms with E-state index in [9.17, 15) is 19.2 Å². The number of benzene rings is 1. The number of carbonyl (C=O) groups is 4. The second kappa shape index (κ2) is 7.25.